The summed E-state index contributed by atoms with van der Waals surface area (Å²) in [6.45, 7) is 5.68. The predicted molar refractivity (Wildman–Crippen MR) is 154 cm³/mol. The van der Waals surface area contributed by atoms with Crippen LogP contribution in [0.1, 0.15) is 110 Å². The number of carbonyl (C=O) groups is 2. The summed E-state index contributed by atoms with van der Waals surface area (Å²) in [5.74, 6) is 0. The van der Waals surface area contributed by atoms with Gasteiger partial charge in [-0.3, -0.25) is 0 Å². The van der Waals surface area contributed by atoms with Crippen LogP contribution >= 0.6 is 0 Å². The molecule has 0 fully saturated rings. The van der Waals surface area contributed by atoms with Gasteiger partial charge in [-0.2, -0.15) is 0 Å². The van der Waals surface area contributed by atoms with E-state index in [0.29, 0.717) is 19.6 Å². The van der Waals surface area contributed by atoms with Crippen LogP contribution in [-0.2, 0) is 25.5 Å². The number of ether oxygens (including phenoxy) is 4. The smallest absolute Gasteiger partial charge is 0.508 e. The molecule has 0 bridgehead atoms. The third-order valence-corrected chi connectivity index (χ3v) is 6.87. The predicted octanol–water partition coefficient (Wildman–Crippen LogP) is 4.13. The van der Waals surface area contributed by atoms with Gasteiger partial charge in [0.25, 0.3) is 0 Å². The number of aromatic nitrogens is 1. The molecule has 232 valence electrons. The first-order valence-electron chi connectivity index (χ1n) is 15.3. The maximum atomic E-state index is 11.8. The standard InChI is InChI=1S/C31H54N2O6.ClH/c1-4-5-6-7-8-9-10-11-12-13-14-15-17-21-29(28(2)32-30(34)36-3)37-25-20-26-38-31(35)39-27-24-33-22-18-16-19-23-33;/h16,18-19,22-23,28-29H,4-15,17,20-21,24-27H2,1-3H3;1H. The van der Waals surface area contributed by atoms with Crippen molar-refractivity contribution >= 4 is 12.2 Å². The van der Waals surface area contributed by atoms with Crippen LogP contribution in [0.15, 0.2) is 30.6 Å². The third kappa shape index (κ3) is 21.7. The van der Waals surface area contributed by atoms with Crippen LogP contribution in [0, 0.1) is 0 Å². The highest BCUT2D eigenvalue weighted by Gasteiger charge is 2.20. The molecule has 0 aliphatic heterocycles. The van der Waals surface area contributed by atoms with E-state index in [1.54, 1.807) is 0 Å². The largest absolute Gasteiger partial charge is 1.00 e. The molecule has 0 radical (unpaired) electrons. The fourth-order valence-corrected chi connectivity index (χ4v) is 4.49. The van der Waals surface area contributed by atoms with E-state index in [1.165, 1.54) is 77.7 Å². The number of halogens is 1. The van der Waals surface area contributed by atoms with Crippen molar-refractivity contribution in [3.05, 3.63) is 30.6 Å². The molecule has 0 aliphatic rings. The number of nitrogens with one attached hydrogen (secondary N) is 1. The molecule has 1 rings (SSSR count). The lowest BCUT2D eigenvalue weighted by molar-refractivity contribution is -0.698. The third-order valence-electron chi connectivity index (χ3n) is 6.87. The van der Waals surface area contributed by atoms with Crippen LogP contribution < -0.4 is 22.3 Å². The molecule has 1 amide bonds. The van der Waals surface area contributed by atoms with Crippen molar-refractivity contribution in [2.45, 2.75) is 129 Å². The Morgan fingerprint density at radius 1 is 0.750 bits per heavy atom. The van der Waals surface area contributed by atoms with Gasteiger partial charge in [0.15, 0.2) is 25.5 Å². The summed E-state index contributed by atoms with van der Waals surface area (Å²) >= 11 is 0. The van der Waals surface area contributed by atoms with Crippen molar-refractivity contribution in [2.75, 3.05) is 26.9 Å². The first-order valence-corrected chi connectivity index (χ1v) is 15.3. The summed E-state index contributed by atoms with van der Waals surface area (Å²) in [5.41, 5.74) is 0. The molecule has 2 atom stereocenters. The van der Waals surface area contributed by atoms with Crippen LogP contribution in [0.3, 0.4) is 0 Å². The summed E-state index contributed by atoms with van der Waals surface area (Å²) in [6.07, 6.45) is 21.0. The van der Waals surface area contributed by atoms with Gasteiger partial charge in [-0.25, -0.2) is 14.2 Å². The van der Waals surface area contributed by atoms with Crippen molar-refractivity contribution in [1.29, 1.82) is 0 Å². The normalized spacial score (nSPS) is 12.2. The van der Waals surface area contributed by atoms with Gasteiger partial charge in [0, 0.05) is 18.6 Å². The molecule has 40 heavy (non-hydrogen) atoms. The van der Waals surface area contributed by atoms with E-state index in [-0.39, 0.29) is 37.8 Å². The monoisotopic (exact) mass is 586 g/mol. The van der Waals surface area contributed by atoms with E-state index in [9.17, 15) is 9.59 Å². The number of rotatable bonds is 24. The number of alkyl carbamates (subject to hydrolysis) is 1. The highest BCUT2D eigenvalue weighted by Crippen LogP contribution is 2.15. The second-order valence-corrected chi connectivity index (χ2v) is 10.3. The molecule has 1 heterocycles. The van der Waals surface area contributed by atoms with Crippen molar-refractivity contribution in [1.82, 2.24) is 5.32 Å². The van der Waals surface area contributed by atoms with E-state index in [4.69, 9.17) is 18.9 Å². The van der Waals surface area contributed by atoms with Crippen LogP contribution in [0.25, 0.3) is 0 Å². The molecule has 0 aromatic carbocycles. The number of hydrogen-bond acceptors (Lipinski definition) is 6. The Bertz CT molecular complexity index is 725. The zero-order chi connectivity index (χ0) is 28.4. The average molecular weight is 587 g/mol. The number of nitrogens with zero attached hydrogens (tertiary/aromatic N) is 1. The molecule has 2 unspecified atom stereocenters. The van der Waals surface area contributed by atoms with Gasteiger partial charge in [-0.1, -0.05) is 96.5 Å². The van der Waals surface area contributed by atoms with Crippen molar-refractivity contribution in [2.24, 2.45) is 0 Å². The van der Waals surface area contributed by atoms with E-state index in [1.807, 2.05) is 42.1 Å². The molecular weight excluding hydrogens is 532 g/mol. The molecule has 0 spiro atoms. The molecule has 0 saturated carbocycles. The van der Waals surface area contributed by atoms with Gasteiger partial charge in [0.1, 0.15) is 0 Å². The molecule has 1 aromatic heterocycles. The lowest BCUT2D eigenvalue weighted by Crippen LogP contribution is -3.00. The Morgan fingerprint density at radius 3 is 1.88 bits per heavy atom. The van der Waals surface area contributed by atoms with E-state index >= 15 is 0 Å². The molecule has 1 N–H and O–H groups in total. The van der Waals surface area contributed by atoms with Crippen LogP contribution in [-0.4, -0.2) is 51.3 Å². The molecule has 0 aliphatic carbocycles. The highest BCUT2D eigenvalue weighted by molar-refractivity contribution is 5.67. The number of unbranched alkanes of at least 4 members (excludes halogenated alkanes) is 12. The summed E-state index contributed by atoms with van der Waals surface area (Å²) in [7, 11) is 1.36. The van der Waals surface area contributed by atoms with Crippen molar-refractivity contribution in [3.63, 3.8) is 0 Å². The van der Waals surface area contributed by atoms with Crippen molar-refractivity contribution in [3.8, 4) is 0 Å². The topological polar surface area (TPSA) is 87.0 Å². The minimum absolute atomic E-state index is 0. The zero-order valence-electron chi connectivity index (χ0n) is 25.3. The Morgan fingerprint density at radius 2 is 1.30 bits per heavy atom. The summed E-state index contributed by atoms with van der Waals surface area (Å²) in [4.78, 5) is 23.5. The van der Waals surface area contributed by atoms with Crippen molar-refractivity contribution < 1.29 is 45.5 Å². The first-order chi connectivity index (χ1) is 19.1. The maximum absolute atomic E-state index is 11.8. The second kappa shape index (κ2) is 27.1. The van der Waals surface area contributed by atoms with Crippen LogP contribution in [0.2, 0.25) is 0 Å². The number of hydrogen-bond donors (Lipinski definition) is 1. The van der Waals surface area contributed by atoms with Gasteiger partial charge in [0.05, 0.1) is 32.5 Å². The van der Waals surface area contributed by atoms with E-state index in [0.717, 1.165) is 19.3 Å². The summed E-state index contributed by atoms with van der Waals surface area (Å²) in [5, 5.41) is 2.83. The fraction of sp³-hybridized carbons (Fsp3) is 0.774. The quantitative estimate of drug-likeness (QED) is 0.111. The molecule has 9 heteroatoms. The summed E-state index contributed by atoms with van der Waals surface area (Å²) < 4.78 is 23.0. The van der Waals surface area contributed by atoms with Gasteiger partial charge in [0.2, 0.25) is 0 Å². The van der Waals surface area contributed by atoms with E-state index in [2.05, 4.69) is 12.2 Å². The minimum Gasteiger partial charge on any atom is -1.00 e. The van der Waals surface area contributed by atoms with Gasteiger partial charge < -0.3 is 36.7 Å². The zero-order valence-corrected chi connectivity index (χ0v) is 26.0. The lowest BCUT2D eigenvalue weighted by atomic mass is 10.0. The number of carbonyl (C=O) groups excluding carboxylic acids is 2. The number of methoxy groups -OCH3 is 1. The molecule has 1 aromatic rings. The SMILES string of the molecule is CCCCCCCCCCCCCCCC(OCCCOC(=O)OCC[n+]1ccccc1)C(C)NC(=O)OC.[Cl-]. The fourth-order valence-electron chi connectivity index (χ4n) is 4.49. The highest BCUT2D eigenvalue weighted by atomic mass is 35.5. The average Bonchev–Trinajstić information content (AvgIpc) is 2.94. The Balaban J connectivity index is 0.0000152. The Labute approximate surface area is 249 Å². The minimum atomic E-state index is -0.671. The molecule has 0 saturated heterocycles. The summed E-state index contributed by atoms with van der Waals surface area (Å²) in [6, 6.07) is 5.61. The van der Waals surface area contributed by atoms with Gasteiger partial charge in [-0.05, 0) is 13.3 Å². The Kier molecular flexibility index (Phi) is 25.7. The first kappa shape index (κ1) is 37.9. The van der Waals surface area contributed by atoms with Crippen LogP contribution in [0.5, 0.6) is 0 Å². The van der Waals surface area contributed by atoms with Gasteiger partial charge >= 0.3 is 12.2 Å². The number of pyridine rings is 1. The van der Waals surface area contributed by atoms with Crippen LogP contribution in [0.4, 0.5) is 9.59 Å². The second-order valence-electron chi connectivity index (χ2n) is 10.3. The molecular formula is C31H55ClN2O6. The van der Waals surface area contributed by atoms with Gasteiger partial charge in [-0.15, -0.1) is 0 Å². The maximum Gasteiger partial charge on any atom is 0.508 e. The number of amides is 1. The van der Waals surface area contributed by atoms with E-state index < -0.39 is 12.2 Å². The lowest BCUT2D eigenvalue weighted by Gasteiger charge is -2.25. The Hall–Kier alpha value is -2.06. The molecule has 8 nitrogen and oxygen atoms in total.